The van der Waals surface area contributed by atoms with Gasteiger partial charge in [-0.2, -0.15) is 0 Å². The van der Waals surface area contributed by atoms with E-state index in [0.29, 0.717) is 5.69 Å². The molecule has 0 N–H and O–H groups in total. The topological polar surface area (TPSA) is 82.9 Å². The van der Waals surface area contributed by atoms with Gasteiger partial charge in [0.25, 0.3) is 0 Å². The molecule has 0 unspecified atom stereocenters. The van der Waals surface area contributed by atoms with E-state index in [2.05, 4.69) is 30.3 Å². The maximum atomic E-state index is 12.4. The number of methoxy groups -OCH3 is 2. The molecule has 2 aromatic rings. The fourth-order valence-corrected chi connectivity index (χ4v) is 3.05. The summed E-state index contributed by atoms with van der Waals surface area (Å²) in [5, 5.41) is 0. The summed E-state index contributed by atoms with van der Waals surface area (Å²) >= 11 is 0. The highest BCUT2D eigenvalue weighted by Gasteiger charge is 2.32. The van der Waals surface area contributed by atoms with Crippen molar-refractivity contribution < 1.29 is 23.8 Å². The lowest BCUT2D eigenvalue weighted by atomic mass is 10.1. The lowest BCUT2D eigenvalue weighted by Gasteiger charge is -2.31. The van der Waals surface area contributed by atoms with Gasteiger partial charge in [-0.25, -0.2) is 14.6 Å². The highest BCUT2D eigenvalue weighted by Crippen LogP contribution is 2.30. The Bertz CT molecular complexity index is 923. The molecule has 27 heavy (non-hydrogen) atoms. The molecule has 1 aliphatic rings. The van der Waals surface area contributed by atoms with Crippen molar-refractivity contribution in [1.82, 2.24) is 9.55 Å². The standard InChI is InChI=1S/C19H23N3O5/c1-19(2,3)22-10-20-14-8-12(6-7-15(14)22)21-11-27-9-13(17(23)25-4)16(21)18(24)26-5/h6-8,10H,9,11H2,1-5H3. The van der Waals surface area contributed by atoms with E-state index in [1.54, 1.807) is 11.2 Å². The molecule has 0 saturated carbocycles. The Morgan fingerprint density at radius 1 is 1.15 bits per heavy atom. The Morgan fingerprint density at radius 3 is 2.48 bits per heavy atom. The molecule has 0 spiro atoms. The van der Waals surface area contributed by atoms with Crippen molar-refractivity contribution in [1.29, 1.82) is 0 Å². The lowest BCUT2D eigenvalue weighted by Crippen LogP contribution is -2.38. The first-order valence-electron chi connectivity index (χ1n) is 8.50. The van der Waals surface area contributed by atoms with Crippen molar-refractivity contribution in [3.05, 3.63) is 35.8 Å². The third kappa shape index (κ3) is 3.40. The second kappa shape index (κ2) is 7.03. The SMILES string of the molecule is COC(=O)C1=C(C(=O)OC)N(c2ccc3c(c2)ncn3C(C)(C)C)COC1. The van der Waals surface area contributed by atoms with Crippen LogP contribution in [0.2, 0.25) is 0 Å². The Morgan fingerprint density at radius 2 is 1.85 bits per heavy atom. The van der Waals surface area contributed by atoms with Gasteiger partial charge in [0.2, 0.25) is 0 Å². The van der Waals surface area contributed by atoms with E-state index in [-0.39, 0.29) is 30.1 Å². The van der Waals surface area contributed by atoms with Crippen LogP contribution in [0.25, 0.3) is 11.0 Å². The average molecular weight is 373 g/mol. The second-order valence-corrected chi connectivity index (χ2v) is 7.17. The zero-order valence-electron chi connectivity index (χ0n) is 16.1. The zero-order valence-corrected chi connectivity index (χ0v) is 16.1. The minimum absolute atomic E-state index is 0.0193. The summed E-state index contributed by atoms with van der Waals surface area (Å²) < 4.78 is 17.2. The molecule has 0 amide bonds. The normalized spacial score (nSPS) is 15.2. The molecule has 2 heterocycles. The number of aromatic nitrogens is 2. The van der Waals surface area contributed by atoms with E-state index in [9.17, 15) is 9.59 Å². The monoisotopic (exact) mass is 373 g/mol. The molecule has 0 atom stereocenters. The first kappa shape index (κ1) is 18.9. The maximum absolute atomic E-state index is 12.4. The molecule has 0 fully saturated rings. The number of carbonyl (C=O) groups is 2. The fraction of sp³-hybridized carbons (Fsp3) is 0.421. The molecular weight excluding hydrogens is 350 g/mol. The predicted octanol–water partition coefficient (Wildman–Crippen LogP) is 2.19. The number of benzene rings is 1. The Balaban J connectivity index is 2.10. The summed E-state index contributed by atoms with van der Waals surface area (Å²) in [5.41, 5.74) is 2.54. The van der Waals surface area contributed by atoms with Crippen LogP contribution in [0.1, 0.15) is 20.8 Å². The van der Waals surface area contributed by atoms with E-state index in [1.807, 2.05) is 18.2 Å². The number of carbonyl (C=O) groups excluding carboxylic acids is 2. The molecule has 144 valence electrons. The Labute approximate surface area is 157 Å². The Hall–Kier alpha value is -2.87. The minimum atomic E-state index is -0.627. The van der Waals surface area contributed by atoms with Gasteiger partial charge in [-0.3, -0.25) is 0 Å². The number of hydrogen-bond donors (Lipinski definition) is 0. The molecule has 0 aliphatic carbocycles. The van der Waals surface area contributed by atoms with E-state index in [0.717, 1.165) is 11.0 Å². The molecule has 0 saturated heterocycles. The van der Waals surface area contributed by atoms with Crippen LogP contribution < -0.4 is 4.90 Å². The highest BCUT2D eigenvalue weighted by molar-refractivity contribution is 6.03. The number of hydrogen-bond acceptors (Lipinski definition) is 7. The van der Waals surface area contributed by atoms with Crippen LogP contribution in [0, 0.1) is 0 Å². The molecule has 8 heteroatoms. The van der Waals surface area contributed by atoms with Crippen LogP contribution >= 0.6 is 0 Å². The first-order chi connectivity index (χ1) is 12.8. The summed E-state index contributed by atoms with van der Waals surface area (Å²) in [4.78, 5) is 30.5. The van der Waals surface area contributed by atoms with Gasteiger partial charge in [-0.05, 0) is 39.0 Å². The van der Waals surface area contributed by atoms with Gasteiger partial charge in [0, 0.05) is 11.2 Å². The molecule has 0 bridgehead atoms. The van der Waals surface area contributed by atoms with Crippen LogP contribution in [0.5, 0.6) is 0 Å². The number of rotatable bonds is 3. The quantitative estimate of drug-likeness (QED) is 0.763. The molecule has 1 aliphatic heterocycles. The predicted molar refractivity (Wildman–Crippen MR) is 99.1 cm³/mol. The maximum Gasteiger partial charge on any atom is 0.355 e. The fourth-order valence-electron chi connectivity index (χ4n) is 3.05. The number of ether oxygens (including phenoxy) is 3. The van der Waals surface area contributed by atoms with Crippen molar-refractivity contribution in [3.8, 4) is 0 Å². The van der Waals surface area contributed by atoms with Crippen LogP contribution in [0.4, 0.5) is 5.69 Å². The van der Waals surface area contributed by atoms with E-state index >= 15 is 0 Å². The summed E-state index contributed by atoms with van der Waals surface area (Å²) in [6.45, 7) is 6.38. The van der Waals surface area contributed by atoms with E-state index in [1.165, 1.54) is 14.2 Å². The summed E-state index contributed by atoms with van der Waals surface area (Å²) in [5.74, 6) is -1.25. The van der Waals surface area contributed by atoms with Gasteiger partial charge >= 0.3 is 11.9 Å². The number of imidazole rings is 1. The lowest BCUT2D eigenvalue weighted by molar-refractivity contribution is -0.140. The number of anilines is 1. The van der Waals surface area contributed by atoms with Crippen LogP contribution in [0.3, 0.4) is 0 Å². The summed E-state index contributed by atoms with van der Waals surface area (Å²) in [7, 11) is 2.53. The van der Waals surface area contributed by atoms with Crippen molar-refractivity contribution >= 4 is 28.7 Å². The molecule has 0 radical (unpaired) electrons. The summed E-state index contributed by atoms with van der Waals surface area (Å²) in [6, 6.07) is 5.65. The van der Waals surface area contributed by atoms with Gasteiger partial charge in [-0.15, -0.1) is 0 Å². The highest BCUT2D eigenvalue weighted by atomic mass is 16.5. The third-order valence-electron chi connectivity index (χ3n) is 4.40. The number of nitrogens with zero attached hydrogens (tertiary/aromatic N) is 3. The van der Waals surface area contributed by atoms with Crippen LogP contribution in [0.15, 0.2) is 35.8 Å². The van der Waals surface area contributed by atoms with Gasteiger partial charge in [0.05, 0.1) is 43.8 Å². The van der Waals surface area contributed by atoms with Gasteiger partial charge in [0.1, 0.15) is 12.4 Å². The molecule has 8 nitrogen and oxygen atoms in total. The molecule has 3 rings (SSSR count). The molecular formula is C19H23N3O5. The number of esters is 2. The average Bonchev–Trinajstić information content (AvgIpc) is 3.09. The third-order valence-corrected chi connectivity index (χ3v) is 4.40. The van der Waals surface area contributed by atoms with Gasteiger partial charge in [-0.1, -0.05) is 0 Å². The number of fused-ring (bicyclic) bond motifs is 1. The van der Waals surface area contributed by atoms with E-state index in [4.69, 9.17) is 14.2 Å². The molecule has 1 aromatic heterocycles. The van der Waals surface area contributed by atoms with Crippen molar-refractivity contribution in [2.45, 2.75) is 26.3 Å². The second-order valence-electron chi connectivity index (χ2n) is 7.17. The van der Waals surface area contributed by atoms with E-state index < -0.39 is 11.9 Å². The largest absolute Gasteiger partial charge is 0.466 e. The van der Waals surface area contributed by atoms with Crippen LogP contribution in [-0.4, -0.2) is 49.0 Å². The van der Waals surface area contributed by atoms with Crippen molar-refractivity contribution in [2.75, 3.05) is 32.5 Å². The smallest absolute Gasteiger partial charge is 0.355 e. The van der Waals surface area contributed by atoms with Crippen LogP contribution in [-0.2, 0) is 29.3 Å². The van der Waals surface area contributed by atoms with Gasteiger partial charge < -0.3 is 23.7 Å². The molecule has 1 aromatic carbocycles. The Kier molecular flexibility index (Phi) is 4.93. The zero-order chi connectivity index (χ0) is 19.8. The van der Waals surface area contributed by atoms with Crippen molar-refractivity contribution in [3.63, 3.8) is 0 Å². The van der Waals surface area contributed by atoms with Crippen molar-refractivity contribution in [2.24, 2.45) is 0 Å². The summed E-state index contributed by atoms with van der Waals surface area (Å²) in [6.07, 6.45) is 1.79. The first-order valence-corrected chi connectivity index (χ1v) is 8.50. The van der Waals surface area contributed by atoms with Gasteiger partial charge in [0.15, 0.2) is 0 Å². The minimum Gasteiger partial charge on any atom is -0.466 e.